The second-order valence-corrected chi connectivity index (χ2v) is 4.14. The first-order valence-corrected chi connectivity index (χ1v) is 5.36. The van der Waals surface area contributed by atoms with Crippen LogP contribution >= 0.6 is 0 Å². The van der Waals surface area contributed by atoms with Crippen molar-refractivity contribution in [2.75, 3.05) is 6.54 Å². The highest BCUT2D eigenvalue weighted by Crippen LogP contribution is 2.20. The lowest BCUT2D eigenvalue weighted by molar-refractivity contribution is -0.136. The predicted octanol–water partition coefficient (Wildman–Crippen LogP) is -0.410. The number of hydrogen-bond donors (Lipinski definition) is 2. The van der Waals surface area contributed by atoms with E-state index in [0.717, 1.165) is 19.3 Å². The lowest BCUT2D eigenvalue weighted by Gasteiger charge is -2.36. The number of hydrogen-bond acceptors (Lipinski definition) is 3. The molecular formula is C10H19N3O2. The van der Waals surface area contributed by atoms with Gasteiger partial charge in [0.15, 0.2) is 0 Å². The normalized spacial score (nSPS) is 23.6. The smallest absolute Gasteiger partial charge is 0.239 e. The Morgan fingerprint density at radius 1 is 1.47 bits per heavy atom. The maximum Gasteiger partial charge on any atom is 0.239 e. The van der Waals surface area contributed by atoms with Crippen LogP contribution in [-0.2, 0) is 9.59 Å². The molecule has 1 heterocycles. The van der Waals surface area contributed by atoms with Gasteiger partial charge in [0, 0.05) is 19.0 Å². The molecule has 0 spiro atoms. The number of carbonyl (C=O) groups excluding carboxylic acids is 2. The summed E-state index contributed by atoms with van der Waals surface area (Å²) in [4.78, 5) is 24.3. The van der Waals surface area contributed by atoms with Crippen molar-refractivity contribution in [3.05, 3.63) is 0 Å². The van der Waals surface area contributed by atoms with E-state index >= 15 is 0 Å². The molecule has 0 saturated carbocycles. The molecule has 0 aromatic carbocycles. The van der Waals surface area contributed by atoms with Crippen LogP contribution in [0.5, 0.6) is 0 Å². The van der Waals surface area contributed by atoms with Crippen LogP contribution in [0.4, 0.5) is 0 Å². The largest absolute Gasteiger partial charge is 0.370 e. The van der Waals surface area contributed by atoms with Crippen molar-refractivity contribution < 1.29 is 9.59 Å². The number of likely N-dealkylation sites (tertiary alicyclic amines) is 1. The Morgan fingerprint density at radius 2 is 2.13 bits per heavy atom. The molecular weight excluding hydrogens is 194 g/mol. The number of primary amides is 1. The number of amides is 2. The minimum atomic E-state index is -0.501. The predicted molar refractivity (Wildman–Crippen MR) is 56.8 cm³/mol. The fraction of sp³-hybridized carbons (Fsp3) is 0.800. The van der Waals surface area contributed by atoms with Gasteiger partial charge >= 0.3 is 0 Å². The SMILES string of the molecule is C[C@@H](N)C(=O)N1CCCCC1CC(N)=O. The summed E-state index contributed by atoms with van der Waals surface area (Å²) >= 11 is 0. The van der Waals surface area contributed by atoms with E-state index in [2.05, 4.69) is 0 Å². The zero-order valence-corrected chi connectivity index (χ0v) is 9.11. The molecule has 0 aromatic heterocycles. The zero-order chi connectivity index (χ0) is 11.4. The van der Waals surface area contributed by atoms with Gasteiger partial charge in [0.2, 0.25) is 11.8 Å². The van der Waals surface area contributed by atoms with Crippen molar-refractivity contribution in [2.24, 2.45) is 11.5 Å². The Kier molecular flexibility index (Phi) is 4.08. The first kappa shape index (κ1) is 12.0. The Hall–Kier alpha value is -1.10. The molecule has 15 heavy (non-hydrogen) atoms. The van der Waals surface area contributed by atoms with Gasteiger partial charge < -0.3 is 16.4 Å². The molecule has 1 unspecified atom stereocenters. The van der Waals surface area contributed by atoms with Crippen molar-refractivity contribution >= 4 is 11.8 Å². The summed E-state index contributed by atoms with van der Waals surface area (Å²) in [6, 6.07) is -0.548. The average Bonchev–Trinajstić information content (AvgIpc) is 2.16. The first-order valence-electron chi connectivity index (χ1n) is 5.36. The van der Waals surface area contributed by atoms with Crippen LogP contribution < -0.4 is 11.5 Å². The van der Waals surface area contributed by atoms with Crippen LogP contribution in [0.1, 0.15) is 32.6 Å². The second kappa shape index (κ2) is 5.11. The second-order valence-electron chi connectivity index (χ2n) is 4.14. The minimum absolute atomic E-state index is 0.0465. The van der Waals surface area contributed by atoms with E-state index in [1.807, 2.05) is 0 Å². The zero-order valence-electron chi connectivity index (χ0n) is 9.11. The number of piperidine rings is 1. The van der Waals surface area contributed by atoms with E-state index in [4.69, 9.17) is 11.5 Å². The molecule has 0 bridgehead atoms. The lowest BCUT2D eigenvalue weighted by atomic mass is 9.98. The molecule has 1 rings (SSSR count). The highest BCUT2D eigenvalue weighted by atomic mass is 16.2. The standard InChI is InChI=1S/C10H19N3O2/c1-7(11)10(15)13-5-3-2-4-8(13)6-9(12)14/h7-8H,2-6,11H2,1H3,(H2,12,14)/t7-,8?/m1/s1. The van der Waals surface area contributed by atoms with Crippen LogP contribution in [0.25, 0.3) is 0 Å². The third-order valence-electron chi connectivity index (χ3n) is 2.74. The molecule has 86 valence electrons. The average molecular weight is 213 g/mol. The van der Waals surface area contributed by atoms with E-state index in [0.29, 0.717) is 6.54 Å². The monoisotopic (exact) mass is 213 g/mol. The van der Waals surface area contributed by atoms with Gasteiger partial charge in [-0.05, 0) is 26.2 Å². The summed E-state index contributed by atoms with van der Waals surface area (Å²) in [5.74, 6) is -0.440. The van der Waals surface area contributed by atoms with Gasteiger partial charge in [0.1, 0.15) is 0 Å². The fourth-order valence-corrected chi connectivity index (χ4v) is 2.00. The molecule has 1 aliphatic rings. The number of nitrogens with zero attached hydrogens (tertiary/aromatic N) is 1. The third-order valence-corrected chi connectivity index (χ3v) is 2.74. The molecule has 5 nitrogen and oxygen atoms in total. The highest BCUT2D eigenvalue weighted by molar-refractivity contribution is 5.82. The topological polar surface area (TPSA) is 89.4 Å². The number of nitrogens with two attached hydrogens (primary N) is 2. The number of carbonyl (C=O) groups is 2. The summed E-state index contributed by atoms with van der Waals surface area (Å²) in [6.45, 7) is 2.36. The summed E-state index contributed by atoms with van der Waals surface area (Å²) in [6.07, 6.45) is 3.12. The van der Waals surface area contributed by atoms with Gasteiger partial charge in [0.05, 0.1) is 6.04 Å². The van der Waals surface area contributed by atoms with Gasteiger partial charge in [-0.1, -0.05) is 0 Å². The maximum absolute atomic E-state index is 11.7. The molecule has 5 heteroatoms. The Bertz CT molecular complexity index is 253. The van der Waals surface area contributed by atoms with Crippen LogP contribution in [0, 0.1) is 0 Å². The molecule has 0 aliphatic carbocycles. The quantitative estimate of drug-likeness (QED) is 0.668. The van der Waals surface area contributed by atoms with Gasteiger partial charge in [-0.3, -0.25) is 9.59 Å². The van der Waals surface area contributed by atoms with Crippen LogP contribution in [0.2, 0.25) is 0 Å². The molecule has 1 aliphatic heterocycles. The minimum Gasteiger partial charge on any atom is -0.370 e. The van der Waals surface area contributed by atoms with Crippen LogP contribution in [0.15, 0.2) is 0 Å². The molecule has 2 atom stereocenters. The van der Waals surface area contributed by atoms with E-state index in [9.17, 15) is 9.59 Å². The van der Waals surface area contributed by atoms with E-state index in [1.165, 1.54) is 0 Å². The molecule has 1 fully saturated rings. The molecule has 2 amide bonds. The van der Waals surface area contributed by atoms with Gasteiger partial charge in [0.25, 0.3) is 0 Å². The highest BCUT2D eigenvalue weighted by Gasteiger charge is 2.29. The molecule has 4 N–H and O–H groups in total. The van der Waals surface area contributed by atoms with E-state index in [1.54, 1.807) is 11.8 Å². The van der Waals surface area contributed by atoms with E-state index in [-0.39, 0.29) is 24.3 Å². The van der Waals surface area contributed by atoms with Crippen LogP contribution in [0.3, 0.4) is 0 Å². The summed E-state index contributed by atoms with van der Waals surface area (Å²) < 4.78 is 0. The Labute approximate surface area is 89.8 Å². The summed E-state index contributed by atoms with van der Waals surface area (Å²) in [7, 11) is 0. The van der Waals surface area contributed by atoms with Crippen molar-refractivity contribution in [2.45, 2.75) is 44.7 Å². The molecule has 1 saturated heterocycles. The van der Waals surface area contributed by atoms with Crippen molar-refractivity contribution in [3.8, 4) is 0 Å². The third kappa shape index (κ3) is 3.20. The van der Waals surface area contributed by atoms with Crippen LogP contribution in [-0.4, -0.2) is 35.3 Å². The van der Waals surface area contributed by atoms with Crippen molar-refractivity contribution in [1.29, 1.82) is 0 Å². The van der Waals surface area contributed by atoms with E-state index < -0.39 is 6.04 Å². The maximum atomic E-state index is 11.7. The Morgan fingerprint density at radius 3 is 2.67 bits per heavy atom. The summed E-state index contributed by atoms with van der Waals surface area (Å²) in [5, 5.41) is 0. The van der Waals surface area contributed by atoms with Crippen molar-refractivity contribution in [3.63, 3.8) is 0 Å². The Balaban J connectivity index is 2.65. The first-order chi connectivity index (χ1) is 7.02. The number of rotatable bonds is 3. The molecule has 0 radical (unpaired) electrons. The lowest BCUT2D eigenvalue weighted by Crippen LogP contribution is -2.50. The van der Waals surface area contributed by atoms with Gasteiger partial charge in [-0.2, -0.15) is 0 Å². The van der Waals surface area contributed by atoms with Crippen molar-refractivity contribution in [1.82, 2.24) is 4.90 Å². The van der Waals surface area contributed by atoms with Gasteiger partial charge in [-0.15, -0.1) is 0 Å². The fourth-order valence-electron chi connectivity index (χ4n) is 2.00. The van der Waals surface area contributed by atoms with Gasteiger partial charge in [-0.25, -0.2) is 0 Å². The summed E-state index contributed by atoms with van der Waals surface area (Å²) in [5.41, 5.74) is 10.7. The molecule has 0 aromatic rings.